The molecular weight excluding hydrogens is 188 g/mol. The summed E-state index contributed by atoms with van der Waals surface area (Å²) in [5, 5.41) is 0. The fourth-order valence-corrected chi connectivity index (χ4v) is 1.62. The van der Waals surface area contributed by atoms with Gasteiger partial charge in [0.1, 0.15) is 0 Å². The normalized spacial score (nSPS) is 21.4. The quantitative estimate of drug-likeness (QED) is 0.719. The fraction of sp³-hybridized carbons (Fsp3) is 1.00. The van der Waals surface area contributed by atoms with Gasteiger partial charge in [-0.1, -0.05) is 27.7 Å². The minimum Gasteiger partial charge on any atom is -0.384 e. The lowest BCUT2D eigenvalue weighted by Gasteiger charge is -2.25. The second-order valence-electron chi connectivity index (χ2n) is 5.00. The molecule has 0 radical (unpaired) electrons. The Kier molecular flexibility index (Phi) is 9.12. The van der Waals surface area contributed by atoms with Crippen LogP contribution >= 0.6 is 0 Å². The van der Waals surface area contributed by atoms with Gasteiger partial charge in [0.25, 0.3) is 0 Å². The van der Waals surface area contributed by atoms with Crippen LogP contribution in [0.1, 0.15) is 47.0 Å². The Bertz CT molecular complexity index is 126. The van der Waals surface area contributed by atoms with E-state index in [1.807, 2.05) is 0 Å². The second kappa shape index (κ2) is 9.17. The van der Waals surface area contributed by atoms with Crippen LogP contribution in [0, 0.1) is 11.8 Å². The highest BCUT2D eigenvalue weighted by atomic mass is 16.5. The molecule has 0 aromatic carbocycles. The summed E-state index contributed by atoms with van der Waals surface area (Å²) in [5.74, 6) is 1.39. The molecule has 15 heavy (non-hydrogen) atoms. The van der Waals surface area contributed by atoms with Crippen molar-refractivity contribution in [3.8, 4) is 0 Å². The molecule has 0 N–H and O–H groups in total. The first-order chi connectivity index (χ1) is 7.07. The van der Waals surface area contributed by atoms with Crippen molar-refractivity contribution < 1.29 is 9.47 Å². The van der Waals surface area contributed by atoms with E-state index < -0.39 is 0 Å². The molecule has 0 aromatic rings. The van der Waals surface area contributed by atoms with Crippen LogP contribution in [0.2, 0.25) is 0 Å². The molecule has 0 amide bonds. The Balaban J connectivity index is 0.000000288. The summed E-state index contributed by atoms with van der Waals surface area (Å²) >= 11 is 0. The summed E-state index contributed by atoms with van der Waals surface area (Å²) in [5.41, 5.74) is 0. The fourth-order valence-electron chi connectivity index (χ4n) is 1.62. The Labute approximate surface area is 95.3 Å². The molecule has 1 aliphatic heterocycles. The summed E-state index contributed by atoms with van der Waals surface area (Å²) in [4.78, 5) is 0. The van der Waals surface area contributed by atoms with Gasteiger partial charge in [-0.3, -0.25) is 0 Å². The van der Waals surface area contributed by atoms with E-state index in [1.165, 1.54) is 19.3 Å². The molecule has 2 heteroatoms. The lowest BCUT2D eigenvalue weighted by molar-refractivity contribution is -0.0115. The molecule has 1 saturated heterocycles. The predicted molar refractivity (Wildman–Crippen MR) is 65.1 cm³/mol. The zero-order valence-corrected chi connectivity index (χ0v) is 11.1. The lowest BCUT2D eigenvalue weighted by atomic mass is 9.99. The molecule has 1 heterocycles. The third kappa shape index (κ3) is 8.88. The summed E-state index contributed by atoms with van der Waals surface area (Å²) < 4.78 is 10.3. The molecule has 2 nitrogen and oxygen atoms in total. The van der Waals surface area contributed by atoms with Crippen molar-refractivity contribution in [1.29, 1.82) is 0 Å². The highest BCUT2D eigenvalue weighted by Gasteiger charge is 2.16. The lowest BCUT2D eigenvalue weighted by Crippen LogP contribution is -2.24. The smallest absolute Gasteiger partial charge is 0.0598 e. The molecule has 0 saturated carbocycles. The van der Waals surface area contributed by atoms with Crippen LogP contribution in [0.5, 0.6) is 0 Å². The molecule has 1 unspecified atom stereocenters. The zero-order valence-electron chi connectivity index (χ0n) is 11.1. The molecule has 92 valence electrons. The van der Waals surface area contributed by atoms with E-state index in [4.69, 9.17) is 9.47 Å². The average Bonchev–Trinajstić information content (AvgIpc) is 2.20. The van der Waals surface area contributed by atoms with Crippen molar-refractivity contribution in [2.24, 2.45) is 11.8 Å². The van der Waals surface area contributed by atoms with Gasteiger partial charge < -0.3 is 9.47 Å². The van der Waals surface area contributed by atoms with Crippen LogP contribution in [0.25, 0.3) is 0 Å². The van der Waals surface area contributed by atoms with Gasteiger partial charge in [0.2, 0.25) is 0 Å². The van der Waals surface area contributed by atoms with Crippen molar-refractivity contribution in [2.45, 2.75) is 53.1 Å². The summed E-state index contributed by atoms with van der Waals surface area (Å²) in [6.45, 7) is 10.6. The highest BCUT2D eigenvalue weighted by Crippen LogP contribution is 2.18. The maximum Gasteiger partial charge on any atom is 0.0598 e. The largest absolute Gasteiger partial charge is 0.384 e. The van der Waals surface area contributed by atoms with Crippen LogP contribution < -0.4 is 0 Å². The van der Waals surface area contributed by atoms with Gasteiger partial charge in [-0.25, -0.2) is 0 Å². The highest BCUT2D eigenvalue weighted by molar-refractivity contribution is 4.66. The summed E-state index contributed by atoms with van der Waals surface area (Å²) in [6.07, 6.45) is 4.46. The standard InChI is InChI=1S/C8H16O.C5H12O/c1-7(2)8-5-3-4-6-9-8;1-5(2)4-6-3/h7-8H,3-6H2,1-2H3;5H,4H2,1-3H3. The van der Waals surface area contributed by atoms with Crippen molar-refractivity contribution in [1.82, 2.24) is 0 Å². The minimum absolute atomic E-state index is 0.554. The van der Waals surface area contributed by atoms with Gasteiger partial charge in [-0.15, -0.1) is 0 Å². The van der Waals surface area contributed by atoms with E-state index in [-0.39, 0.29) is 0 Å². The van der Waals surface area contributed by atoms with Gasteiger partial charge in [0.15, 0.2) is 0 Å². The van der Waals surface area contributed by atoms with E-state index in [0.717, 1.165) is 13.2 Å². The van der Waals surface area contributed by atoms with Crippen LogP contribution in [0.4, 0.5) is 0 Å². The summed E-state index contributed by atoms with van der Waals surface area (Å²) in [6, 6.07) is 0. The third-order valence-electron chi connectivity index (χ3n) is 2.46. The molecule has 1 atom stereocenters. The SMILES string of the molecule is CC(C)C1CCCCO1.COCC(C)C. The number of ether oxygens (including phenoxy) is 2. The minimum atomic E-state index is 0.554. The van der Waals surface area contributed by atoms with Crippen molar-refractivity contribution in [3.05, 3.63) is 0 Å². The van der Waals surface area contributed by atoms with Crippen LogP contribution in [0.3, 0.4) is 0 Å². The number of hydrogen-bond acceptors (Lipinski definition) is 2. The van der Waals surface area contributed by atoms with E-state index in [2.05, 4.69) is 27.7 Å². The van der Waals surface area contributed by atoms with E-state index in [0.29, 0.717) is 17.9 Å². The molecule has 1 rings (SSSR count). The number of methoxy groups -OCH3 is 1. The van der Waals surface area contributed by atoms with Gasteiger partial charge >= 0.3 is 0 Å². The van der Waals surface area contributed by atoms with Gasteiger partial charge in [-0.05, 0) is 31.1 Å². The molecule has 0 aromatic heterocycles. The van der Waals surface area contributed by atoms with E-state index >= 15 is 0 Å². The van der Waals surface area contributed by atoms with Gasteiger partial charge in [0, 0.05) is 20.3 Å². The van der Waals surface area contributed by atoms with Gasteiger partial charge in [0.05, 0.1) is 6.10 Å². The summed E-state index contributed by atoms with van der Waals surface area (Å²) in [7, 11) is 1.72. The molecule has 1 aliphatic rings. The van der Waals surface area contributed by atoms with E-state index in [9.17, 15) is 0 Å². The van der Waals surface area contributed by atoms with Crippen molar-refractivity contribution in [2.75, 3.05) is 20.3 Å². The zero-order chi connectivity index (χ0) is 11.7. The van der Waals surface area contributed by atoms with Crippen LogP contribution in [-0.2, 0) is 9.47 Å². The maximum absolute atomic E-state index is 5.54. The average molecular weight is 216 g/mol. The van der Waals surface area contributed by atoms with Crippen LogP contribution in [-0.4, -0.2) is 26.4 Å². The Morgan fingerprint density at radius 2 is 1.87 bits per heavy atom. The maximum atomic E-state index is 5.54. The first-order valence-electron chi connectivity index (χ1n) is 6.18. The number of rotatable bonds is 3. The first kappa shape index (κ1) is 14.9. The molecule has 0 bridgehead atoms. The van der Waals surface area contributed by atoms with Crippen molar-refractivity contribution >= 4 is 0 Å². The number of hydrogen-bond donors (Lipinski definition) is 0. The monoisotopic (exact) mass is 216 g/mol. The molecule has 1 fully saturated rings. The Morgan fingerprint density at radius 1 is 1.20 bits per heavy atom. The molecular formula is C13H28O2. The second-order valence-corrected chi connectivity index (χ2v) is 5.00. The topological polar surface area (TPSA) is 18.5 Å². The van der Waals surface area contributed by atoms with Gasteiger partial charge in [-0.2, -0.15) is 0 Å². The Hall–Kier alpha value is -0.0800. The molecule has 0 spiro atoms. The first-order valence-corrected chi connectivity index (χ1v) is 6.18. The predicted octanol–water partition coefficient (Wildman–Crippen LogP) is 3.50. The third-order valence-corrected chi connectivity index (χ3v) is 2.46. The van der Waals surface area contributed by atoms with Crippen molar-refractivity contribution in [3.63, 3.8) is 0 Å². The van der Waals surface area contributed by atoms with E-state index in [1.54, 1.807) is 7.11 Å². The van der Waals surface area contributed by atoms with Crippen LogP contribution in [0.15, 0.2) is 0 Å². The molecule has 0 aliphatic carbocycles. The Morgan fingerprint density at radius 3 is 2.07 bits per heavy atom.